The number of anilines is 1. The van der Waals surface area contributed by atoms with Crippen molar-refractivity contribution in [3.05, 3.63) is 23.8 Å². The van der Waals surface area contributed by atoms with Crippen LogP contribution < -0.4 is 11.1 Å². The molecule has 0 fully saturated rings. The number of rotatable bonds is 3. The Bertz CT molecular complexity index is 555. The normalized spacial score (nSPS) is 11.0. The van der Waals surface area contributed by atoms with E-state index in [4.69, 9.17) is 5.73 Å². The van der Waals surface area contributed by atoms with Gasteiger partial charge in [-0.25, -0.2) is 13.8 Å². The number of amides is 1. The maximum Gasteiger partial charge on any atom is 0.255 e. The minimum absolute atomic E-state index is 0.321. The fourth-order valence-electron chi connectivity index (χ4n) is 1.36. The van der Waals surface area contributed by atoms with Gasteiger partial charge in [-0.1, -0.05) is 11.3 Å². The van der Waals surface area contributed by atoms with Gasteiger partial charge < -0.3 is 11.1 Å². The van der Waals surface area contributed by atoms with Crippen molar-refractivity contribution in [2.75, 3.05) is 12.3 Å². The molecule has 0 aliphatic rings. The summed E-state index contributed by atoms with van der Waals surface area (Å²) < 4.78 is 24.6. The lowest BCUT2D eigenvalue weighted by Gasteiger charge is -2.03. The van der Waals surface area contributed by atoms with E-state index in [0.717, 1.165) is 4.70 Å². The molecule has 0 bridgehead atoms. The number of nitrogens with two attached hydrogens (primary N) is 1. The molecule has 7 heteroatoms. The molecule has 0 saturated heterocycles. The van der Waals surface area contributed by atoms with Crippen molar-refractivity contribution >= 4 is 32.6 Å². The number of hydrogen-bond donors (Lipinski definition) is 2. The zero-order valence-corrected chi connectivity index (χ0v) is 9.43. The lowest BCUT2D eigenvalue weighted by Crippen LogP contribution is -2.28. The average Bonchev–Trinajstić information content (AvgIpc) is 2.64. The second kappa shape index (κ2) is 4.62. The van der Waals surface area contributed by atoms with Crippen molar-refractivity contribution in [2.45, 2.75) is 6.43 Å². The molecule has 0 saturated carbocycles. The standard InChI is InChI=1S/C10H9F2N3OS/c11-8(12)4-14-9(16)5-1-2-6-7(3-5)17-10(13)15-6/h1-3,8H,4H2,(H2,13,15)(H,14,16). The number of nitrogens with one attached hydrogen (secondary N) is 1. The first-order valence-corrected chi connectivity index (χ1v) is 5.60. The number of fused-ring (bicyclic) bond motifs is 1. The lowest BCUT2D eigenvalue weighted by atomic mass is 10.2. The molecule has 0 aliphatic heterocycles. The number of carbonyl (C=O) groups is 1. The molecular weight excluding hydrogens is 248 g/mol. The summed E-state index contributed by atoms with van der Waals surface area (Å²) in [5.41, 5.74) is 6.54. The Labute approximate surface area is 99.5 Å². The Kier molecular flexibility index (Phi) is 3.19. The van der Waals surface area contributed by atoms with Gasteiger partial charge >= 0.3 is 0 Å². The largest absolute Gasteiger partial charge is 0.375 e. The number of alkyl halides is 2. The monoisotopic (exact) mass is 257 g/mol. The highest BCUT2D eigenvalue weighted by molar-refractivity contribution is 7.22. The van der Waals surface area contributed by atoms with Crippen LogP contribution in [0.4, 0.5) is 13.9 Å². The highest BCUT2D eigenvalue weighted by Crippen LogP contribution is 2.24. The number of thiazole rings is 1. The van der Waals surface area contributed by atoms with E-state index in [1.807, 2.05) is 0 Å². The van der Waals surface area contributed by atoms with E-state index in [0.29, 0.717) is 16.2 Å². The Morgan fingerprint density at radius 2 is 2.29 bits per heavy atom. The summed E-state index contributed by atoms with van der Waals surface area (Å²) in [6, 6.07) is 4.76. The molecule has 1 aromatic carbocycles. The molecule has 3 N–H and O–H groups in total. The molecule has 0 spiro atoms. The smallest absolute Gasteiger partial charge is 0.255 e. The van der Waals surface area contributed by atoms with Crippen molar-refractivity contribution in [1.82, 2.24) is 10.3 Å². The molecular formula is C10H9F2N3OS. The van der Waals surface area contributed by atoms with Crippen LogP contribution in [0, 0.1) is 0 Å². The first kappa shape index (κ1) is 11.7. The van der Waals surface area contributed by atoms with Crippen LogP contribution in [0.1, 0.15) is 10.4 Å². The summed E-state index contributed by atoms with van der Waals surface area (Å²) in [5.74, 6) is -0.529. The number of halogens is 2. The number of hydrogen-bond acceptors (Lipinski definition) is 4. The van der Waals surface area contributed by atoms with Crippen LogP contribution >= 0.6 is 11.3 Å². The van der Waals surface area contributed by atoms with E-state index < -0.39 is 18.9 Å². The molecule has 2 rings (SSSR count). The van der Waals surface area contributed by atoms with E-state index in [-0.39, 0.29) is 0 Å². The van der Waals surface area contributed by atoms with Crippen molar-refractivity contribution < 1.29 is 13.6 Å². The van der Waals surface area contributed by atoms with Gasteiger partial charge in [0.2, 0.25) is 0 Å². The maximum atomic E-state index is 11.9. The van der Waals surface area contributed by atoms with Gasteiger partial charge in [0.05, 0.1) is 16.8 Å². The minimum atomic E-state index is -2.55. The summed E-state index contributed by atoms with van der Waals surface area (Å²) >= 11 is 1.25. The highest BCUT2D eigenvalue weighted by Gasteiger charge is 2.10. The predicted octanol–water partition coefficient (Wildman–Crippen LogP) is 1.87. The summed E-state index contributed by atoms with van der Waals surface area (Å²) in [7, 11) is 0. The number of nitrogens with zero attached hydrogens (tertiary/aromatic N) is 1. The van der Waals surface area contributed by atoms with Gasteiger partial charge in [-0.15, -0.1) is 0 Å². The molecule has 2 aromatic rings. The van der Waals surface area contributed by atoms with Crippen LogP contribution in [-0.2, 0) is 0 Å². The van der Waals surface area contributed by atoms with Crippen LogP contribution in [-0.4, -0.2) is 23.9 Å². The molecule has 0 aliphatic carbocycles. The maximum absolute atomic E-state index is 11.9. The summed E-state index contributed by atoms with van der Waals surface area (Å²) in [6.45, 7) is -0.651. The van der Waals surface area contributed by atoms with E-state index in [1.165, 1.54) is 17.4 Å². The molecule has 0 unspecified atom stereocenters. The first-order valence-electron chi connectivity index (χ1n) is 4.78. The van der Waals surface area contributed by atoms with Crippen molar-refractivity contribution in [3.8, 4) is 0 Å². The van der Waals surface area contributed by atoms with Gasteiger partial charge in [0.15, 0.2) is 5.13 Å². The van der Waals surface area contributed by atoms with Gasteiger partial charge in [0.1, 0.15) is 0 Å². The third-order valence-corrected chi connectivity index (χ3v) is 2.93. The molecule has 4 nitrogen and oxygen atoms in total. The summed E-state index contributed by atoms with van der Waals surface area (Å²) in [4.78, 5) is 15.5. The Hall–Kier alpha value is -1.76. The van der Waals surface area contributed by atoms with Gasteiger partial charge in [-0.2, -0.15) is 0 Å². The molecule has 1 amide bonds. The predicted molar refractivity (Wildman–Crippen MR) is 62.4 cm³/mol. The molecule has 90 valence electrons. The number of benzene rings is 1. The van der Waals surface area contributed by atoms with Crippen molar-refractivity contribution in [1.29, 1.82) is 0 Å². The molecule has 0 radical (unpaired) electrons. The van der Waals surface area contributed by atoms with Crippen LogP contribution in [0.15, 0.2) is 18.2 Å². The Balaban J connectivity index is 2.20. The topological polar surface area (TPSA) is 68.0 Å². The first-order chi connectivity index (χ1) is 8.06. The summed E-state index contributed by atoms with van der Waals surface area (Å²) in [5, 5.41) is 2.54. The van der Waals surface area contributed by atoms with Crippen molar-refractivity contribution in [2.24, 2.45) is 0 Å². The zero-order chi connectivity index (χ0) is 12.4. The molecule has 17 heavy (non-hydrogen) atoms. The quantitative estimate of drug-likeness (QED) is 0.882. The van der Waals surface area contributed by atoms with Gasteiger partial charge in [0.25, 0.3) is 12.3 Å². The van der Waals surface area contributed by atoms with Crippen LogP contribution in [0.2, 0.25) is 0 Å². The van der Waals surface area contributed by atoms with E-state index in [1.54, 1.807) is 12.1 Å². The van der Waals surface area contributed by atoms with Crippen LogP contribution in [0.25, 0.3) is 10.2 Å². The third-order valence-electron chi connectivity index (χ3n) is 2.08. The highest BCUT2D eigenvalue weighted by atomic mass is 32.1. The third kappa shape index (κ3) is 2.68. The Morgan fingerprint density at radius 3 is 3.00 bits per heavy atom. The molecule has 1 heterocycles. The van der Waals surface area contributed by atoms with Gasteiger partial charge in [0, 0.05) is 5.56 Å². The van der Waals surface area contributed by atoms with E-state index >= 15 is 0 Å². The molecule has 0 atom stereocenters. The fraction of sp³-hybridized carbons (Fsp3) is 0.200. The number of carbonyl (C=O) groups excluding carboxylic acids is 1. The van der Waals surface area contributed by atoms with Crippen molar-refractivity contribution in [3.63, 3.8) is 0 Å². The number of aromatic nitrogens is 1. The summed E-state index contributed by atoms with van der Waals surface area (Å²) in [6.07, 6.45) is -2.55. The van der Waals surface area contributed by atoms with E-state index in [9.17, 15) is 13.6 Å². The zero-order valence-electron chi connectivity index (χ0n) is 8.61. The average molecular weight is 257 g/mol. The number of nitrogen functional groups attached to an aromatic ring is 1. The fourth-order valence-corrected chi connectivity index (χ4v) is 2.13. The van der Waals surface area contributed by atoms with Crippen LogP contribution in [0.3, 0.4) is 0 Å². The minimum Gasteiger partial charge on any atom is -0.375 e. The SMILES string of the molecule is Nc1nc2ccc(C(=O)NCC(F)F)cc2s1. The molecule has 1 aromatic heterocycles. The van der Waals surface area contributed by atoms with Gasteiger partial charge in [-0.3, -0.25) is 4.79 Å². The Morgan fingerprint density at radius 1 is 1.53 bits per heavy atom. The second-order valence-electron chi connectivity index (χ2n) is 3.34. The lowest BCUT2D eigenvalue weighted by molar-refractivity contribution is 0.0892. The van der Waals surface area contributed by atoms with Crippen LogP contribution in [0.5, 0.6) is 0 Å². The second-order valence-corrected chi connectivity index (χ2v) is 4.40. The van der Waals surface area contributed by atoms with Gasteiger partial charge in [-0.05, 0) is 18.2 Å². The van der Waals surface area contributed by atoms with E-state index in [2.05, 4.69) is 10.3 Å².